The van der Waals surface area contributed by atoms with Gasteiger partial charge in [-0.25, -0.2) is 4.98 Å². The number of hydrogen-bond donors (Lipinski definition) is 0. The fourth-order valence-electron chi connectivity index (χ4n) is 3.99. The summed E-state index contributed by atoms with van der Waals surface area (Å²) in [6, 6.07) is 0. The van der Waals surface area contributed by atoms with Gasteiger partial charge in [0.2, 0.25) is 0 Å². The third-order valence-electron chi connectivity index (χ3n) is 5.63. The maximum absolute atomic E-state index is 4.59. The molecule has 3 rings (SSSR count). The monoisotopic (exact) mass is 305 g/mol. The Balaban J connectivity index is 1.66. The quantitative estimate of drug-likeness (QED) is 0.843. The Morgan fingerprint density at radius 1 is 1.14 bits per heavy atom. The van der Waals surface area contributed by atoms with Crippen LogP contribution in [0.5, 0.6) is 0 Å². The maximum Gasteiger partial charge on any atom is 0.122 e. The normalized spacial score (nSPS) is 24.1. The average molecular weight is 305 g/mol. The molecule has 1 spiro atoms. The Hall–Kier alpha value is -0.910. The molecular weight excluding hydrogens is 274 g/mol. The van der Waals surface area contributed by atoms with Crippen molar-refractivity contribution in [3.8, 4) is 0 Å². The number of aromatic nitrogens is 2. The van der Waals surface area contributed by atoms with E-state index in [1.54, 1.807) is 0 Å². The van der Waals surface area contributed by atoms with Gasteiger partial charge in [0.1, 0.15) is 5.82 Å². The van der Waals surface area contributed by atoms with Gasteiger partial charge >= 0.3 is 0 Å². The Morgan fingerprint density at radius 3 is 2.64 bits per heavy atom. The molecule has 2 saturated heterocycles. The molecule has 2 aliphatic rings. The molecule has 2 fully saturated rings. The van der Waals surface area contributed by atoms with Crippen LogP contribution in [0.4, 0.5) is 0 Å². The number of rotatable bonds is 4. The van der Waals surface area contributed by atoms with Gasteiger partial charge in [-0.1, -0.05) is 6.92 Å². The molecule has 0 aromatic carbocycles. The fourth-order valence-corrected chi connectivity index (χ4v) is 3.99. The molecule has 5 nitrogen and oxygen atoms in total. The van der Waals surface area contributed by atoms with E-state index in [1.165, 1.54) is 51.3 Å². The summed E-state index contributed by atoms with van der Waals surface area (Å²) in [4.78, 5) is 12.3. The molecule has 0 atom stereocenters. The number of hydrogen-bond acceptors (Lipinski definition) is 4. The molecule has 22 heavy (non-hydrogen) atoms. The number of likely N-dealkylation sites (N-methyl/N-ethyl adjacent to an activating group) is 1. The molecule has 0 aliphatic carbocycles. The van der Waals surface area contributed by atoms with Crippen LogP contribution in [0, 0.1) is 0 Å². The molecule has 0 N–H and O–H groups in total. The van der Waals surface area contributed by atoms with Crippen LogP contribution in [0.1, 0.15) is 32.0 Å². The molecule has 5 heteroatoms. The number of likely N-dealkylation sites (tertiary alicyclic amines) is 1. The Labute approximate surface area is 134 Å². The van der Waals surface area contributed by atoms with E-state index >= 15 is 0 Å². The predicted molar refractivity (Wildman–Crippen MR) is 89.9 cm³/mol. The Morgan fingerprint density at radius 2 is 1.91 bits per heavy atom. The molecule has 1 aromatic rings. The van der Waals surface area contributed by atoms with Crippen LogP contribution in [0.2, 0.25) is 0 Å². The van der Waals surface area contributed by atoms with Crippen molar-refractivity contribution in [3.63, 3.8) is 0 Å². The minimum atomic E-state index is 0.382. The molecule has 0 bridgehead atoms. The molecule has 124 valence electrons. The first-order valence-corrected chi connectivity index (χ1v) is 8.75. The minimum absolute atomic E-state index is 0.382. The highest BCUT2D eigenvalue weighted by Crippen LogP contribution is 2.31. The third kappa shape index (κ3) is 3.21. The van der Waals surface area contributed by atoms with E-state index in [2.05, 4.69) is 51.5 Å². The summed E-state index contributed by atoms with van der Waals surface area (Å²) in [5.74, 6) is 1.23. The zero-order chi connectivity index (χ0) is 15.6. The number of piperidine rings is 1. The van der Waals surface area contributed by atoms with E-state index in [0.717, 1.165) is 19.6 Å². The van der Waals surface area contributed by atoms with Crippen molar-refractivity contribution in [2.75, 3.05) is 46.8 Å². The van der Waals surface area contributed by atoms with Crippen molar-refractivity contribution in [2.24, 2.45) is 0 Å². The first-order chi connectivity index (χ1) is 10.6. The zero-order valence-electron chi connectivity index (χ0n) is 14.5. The first kappa shape index (κ1) is 16.0. The van der Waals surface area contributed by atoms with Crippen LogP contribution in [-0.4, -0.2) is 76.6 Å². The highest BCUT2D eigenvalue weighted by Gasteiger charge is 2.41. The van der Waals surface area contributed by atoms with Crippen molar-refractivity contribution in [2.45, 2.75) is 44.8 Å². The smallest absolute Gasteiger partial charge is 0.122 e. The number of nitrogens with zero attached hydrogens (tertiary/aromatic N) is 5. The van der Waals surface area contributed by atoms with Crippen molar-refractivity contribution in [3.05, 3.63) is 18.2 Å². The van der Waals surface area contributed by atoms with Crippen molar-refractivity contribution in [1.29, 1.82) is 0 Å². The average Bonchev–Trinajstić information content (AvgIpc) is 2.94. The van der Waals surface area contributed by atoms with Crippen LogP contribution >= 0.6 is 0 Å². The van der Waals surface area contributed by atoms with Crippen LogP contribution in [0.3, 0.4) is 0 Å². The van der Waals surface area contributed by atoms with Crippen LogP contribution < -0.4 is 0 Å². The Bertz CT molecular complexity index is 475. The highest BCUT2D eigenvalue weighted by molar-refractivity contribution is 5.01. The van der Waals surface area contributed by atoms with E-state index in [1.807, 2.05) is 6.20 Å². The van der Waals surface area contributed by atoms with Crippen molar-refractivity contribution in [1.82, 2.24) is 24.3 Å². The van der Waals surface area contributed by atoms with Gasteiger partial charge in [0.25, 0.3) is 0 Å². The molecule has 2 aliphatic heterocycles. The van der Waals surface area contributed by atoms with Crippen LogP contribution in [-0.2, 0) is 13.1 Å². The minimum Gasteiger partial charge on any atom is -0.334 e. The van der Waals surface area contributed by atoms with Gasteiger partial charge in [-0.15, -0.1) is 0 Å². The lowest BCUT2D eigenvalue weighted by Gasteiger charge is -2.52. The van der Waals surface area contributed by atoms with E-state index in [0.29, 0.717) is 5.54 Å². The second-order valence-electron chi connectivity index (χ2n) is 7.20. The summed E-state index contributed by atoms with van der Waals surface area (Å²) < 4.78 is 2.32. The van der Waals surface area contributed by atoms with E-state index in [9.17, 15) is 0 Å². The summed E-state index contributed by atoms with van der Waals surface area (Å²) in [6.07, 6.45) is 7.83. The van der Waals surface area contributed by atoms with Gasteiger partial charge in [-0.05, 0) is 46.4 Å². The van der Waals surface area contributed by atoms with Crippen molar-refractivity contribution >= 4 is 0 Å². The molecule has 0 radical (unpaired) electrons. The van der Waals surface area contributed by atoms with E-state index in [-0.39, 0.29) is 0 Å². The first-order valence-electron chi connectivity index (χ1n) is 8.75. The Kier molecular flexibility index (Phi) is 4.85. The second-order valence-corrected chi connectivity index (χ2v) is 7.20. The lowest BCUT2D eigenvalue weighted by Crippen LogP contribution is -2.63. The summed E-state index contributed by atoms with van der Waals surface area (Å²) >= 11 is 0. The summed E-state index contributed by atoms with van der Waals surface area (Å²) in [6.45, 7) is 10.3. The standard InChI is InChI=1S/C17H31N5/c1-4-8-22-11-7-18-16(22)14-21-13-12-20(3)17(15-21)5-9-19(2)10-6-17/h7,11H,4-6,8-10,12-15H2,1-3H3. The molecule has 0 saturated carbocycles. The van der Waals surface area contributed by atoms with E-state index in [4.69, 9.17) is 0 Å². The van der Waals surface area contributed by atoms with Crippen molar-refractivity contribution < 1.29 is 0 Å². The third-order valence-corrected chi connectivity index (χ3v) is 5.63. The largest absolute Gasteiger partial charge is 0.334 e. The molecule has 0 unspecified atom stereocenters. The van der Waals surface area contributed by atoms with Gasteiger partial charge in [0, 0.05) is 44.1 Å². The maximum atomic E-state index is 4.59. The number of piperazine rings is 1. The topological polar surface area (TPSA) is 27.5 Å². The lowest BCUT2D eigenvalue weighted by molar-refractivity contribution is -0.0267. The second kappa shape index (κ2) is 6.69. The number of imidazole rings is 1. The molecule has 1 aromatic heterocycles. The summed E-state index contributed by atoms with van der Waals surface area (Å²) in [5.41, 5.74) is 0.382. The van der Waals surface area contributed by atoms with E-state index < -0.39 is 0 Å². The molecule has 0 amide bonds. The van der Waals surface area contributed by atoms with Gasteiger partial charge in [-0.3, -0.25) is 9.80 Å². The van der Waals surface area contributed by atoms with Crippen LogP contribution in [0.25, 0.3) is 0 Å². The van der Waals surface area contributed by atoms with Gasteiger partial charge in [0.15, 0.2) is 0 Å². The number of aryl methyl sites for hydroxylation is 1. The van der Waals surface area contributed by atoms with Crippen LogP contribution in [0.15, 0.2) is 12.4 Å². The summed E-state index contributed by atoms with van der Waals surface area (Å²) in [7, 11) is 4.57. The predicted octanol–water partition coefficient (Wildman–Crippen LogP) is 1.50. The fraction of sp³-hybridized carbons (Fsp3) is 0.824. The summed E-state index contributed by atoms with van der Waals surface area (Å²) in [5, 5.41) is 0. The lowest BCUT2D eigenvalue weighted by atomic mass is 9.84. The molecular formula is C17H31N5. The molecule has 3 heterocycles. The van der Waals surface area contributed by atoms with Gasteiger partial charge in [-0.2, -0.15) is 0 Å². The zero-order valence-corrected chi connectivity index (χ0v) is 14.5. The van der Waals surface area contributed by atoms with Gasteiger partial charge in [0.05, 0.1) is 6.54 Å². The SMILES string of the molecule is CCCn1ccnc1CN1CCN(C)C2(CCN(C)CC2)C1. The highest BCUT2D eigenvalue weighted by atomic mass is 15.3. The van der Waals surface area contributed by atoms with Gasteiger partial charge < -0.3 is 9.47 Å².